The first-order chi connectivity index (χ1) is 6.90. The third kappa shape index (κ3) is 4.42. The van der Waals surface area contributed by atoms with Gasteiger partial charge in [-0.2, -0.15) is 0 Å². The summed E-state index contributed by atoms with van der Waals surface area (Å²) in [6, 6.07) is 0. The highest BCUT2D eigenvalue weighted by atomic mass is 16.5. The van der Waals surface area contributed by atoms with Crippen molar-refractivity contribution in [2.75, 3.05) is 6.61 Å². The lowest BCUT2D eigenvalue weighted by Gasteiger charge is -2.15. The van der Waals surface area contributed by atoms with Crippen LogP contribution in [-0.4, -0.2) is 34.9 Å². The lowest BCUT2D eigenvalue weighted by Crippen LogP contribution is -2.22. The van der Waals surface area contributed by atoms with Gasteiger partial charge in [0.1, 0.15) is 0 Å². The van der Waals surface area contributed by atoms with Crippen LogP contribution in [0.4, 0.5) is 0 Å². The second-order valence-corrected chi connectivity index (χ2v) is 2.95. The van der Waals surface area contributed by atoms with Gasteiger partial charge in [0.05, 0.1) is 23.9 Å². The molecule has 0 aromatic carbocycles. The number of hydrogen-bond donors (Lipinski definition) is 2. The normalized spacial score (nSPS) is 11.8. The molecule has 5 heteroatoms. The second-order valence-electron chi connectivity index (χ2n) is 2.95. The Balaban J connectivity index is 4.24. The molecule has 15 heavy (non-hydrogen) atoms. The zero-order valence-corrected chi connectivity index (χ0v) is 8.52. The van der Waals surface area contributed by atoms with Gasteiger partial charge in [0.2, 0.25) is 0 Å². The number of aliphatic carboxylic acids is 2. The highest BCUT2D eigenvalue weighted by Crippen LogP contribution is 2.10. The van der Waals surface area contributed by atoms with Gasteiger partial charge >= 0.3 is 11.9 Å². The SMILES string of the molecule is C=C(COC(CC)C(=C)C(=O)O)C(=O)O. The number of ether oxygens (including phenoxy) is 1. The van der Waals surface area contributed by atoms with E-state index in [1.54, 1.807) is 6.92 Å². The van der Waals surface area contributed by atoms with Crippen LogP contribution in [0.15, 0.2) is 24.3 Å². The summed E-state index contributed by atoms with van der Waals surface area (Å²) < 4.78 is 5.08. The quantitative estimate of drug-likeness (QED) is 0.619. The molecule has 84 valence electrons. The maximum atomic E-state index is 10.6. The molecule has 0 amide bonds. The van der Waals surface area contributed by atoms with Gasteiger partial charge in [-0.25, -0.2) is 9.59 Å². The molecule has 0 bridgehead atoms. The molecule has 0 aliphatic heterocycles. The van der Waals surface area contributed by atoms with Gasteiger partial charge in [0.25, 0.3) is 0 Å². The molecule has 0 aromatic heterocycles. The van der Waals surface area contributed by atoms with Gasteiger partial charge in [-0.3, -0.25) is 0 Å². The first-order valence-electron chi connectivity index (χ1n) is 4.34. The monoisotopic (exact) mass is 214 g/mol. The predicted octanol–water partition coefficient (Wildman–Crippen LogP) is 1.06. The van der Waals surface area contributed by atoms with Crippen molar-refractivity contribution >= 4 is 11.9 Å². The Hall–Kier alpha value is -1.62. The average molecular weight is 214 g/mol. The minimum Gasteiger partial charge on any atom is -0.478 e. The van der Waals surface area contributed by atoms with Crippen LogP contribution < -0.4 is 0 Å². The molecule has 0 spiro atoms. The Kier molecular flexibility index (Phi) is 5.33. The number of carboxylic acid groups (broad SMARTS) is 2. The van der Waals surface area contributed by atoms with Gasteiger partial charge in [-0.1, -0.05) is 20.1 Å². The zero-order chi connectivity index (χ0) is 12.0. The van der Waals surface area contributed by atoms with Crippen LogP contribution in [0.2, 0.25) is 0 Å². The maximum absolute atomic E-state index is 10.6. The summed E-state index contributed by atoms with van der Waals surface area (Å²) in [5, 5.41) is 17.1. The van der Waals surface area contributed by atoms with Crippen molar-refractivity contribution in [2.45, 2.75) is 19.4 Å². The van der Waals surface area contributed by atoms with E-state index < -0.39 is 18.0 Å². The van der Waals surface area contributed by atoms with E-state index in [4.69, 9.17) is 14.9 Å². The smallest absolute Gasteiger partial charge is 0.333 e. The Morgan fingerprint density at radius 2 is 1.80 bits per heavy atom. The van der Waals surface area contributed by atoms with Gasteiger partial charge in [0.15, 0.2) is 0 Å². The van der Waals surface area contributed by atoms with Crippen molar-refractivity contribution in [1.82, 2.24) is 0 Å². The Morgan fingerprint density at radius 3 is 2.13 bits per heavy atom. The standard InChI is InChI=1S/C10H14O5/c1-4-8(7(3)10(13)14)15-5-6(2)9(11)12/h8H,2-5H2,1H3,(H,11,12)(H,13,14). The third-order valence-electron chi connectivity index (χ3n) is 1.80. The summed E-state index contributed by atoms with van der Waals surface area (Å²) >= 11 is 0. The van der Waals surface area contributed by atoms with Crippen LogP contribution in [0.5, 0.6) is 0 Å². The van der Waals surface area contributed by atoms with E-state index in [0.717, 1.165) is 0 Å². The molecular weight excluding hydrogens is 200 g/mol. The fourth-order valence-corrected chi connectivity index (χ4v) is 0.865. The summed E-state index contributed by atoms with van der Waals surface area (Å²) in [6.45, 7) is 8.13. The van der Waals surface area contributed by atoms with Crippen molar-refractivity contribution in [2.24, 2.45) is 0 Å². The third-order valence-corrected chi connectivity index (χ3v) is 1.80. The molecule has 0 saturated carbocycles. The predicted molar refractivity (Wildman–Crippen MR) is 53.6 cm³/mol. The molecule has 0 saturated heterocycles. The van der Waals surface area contributed by atoms with Crippen LogP contribution in [0.3, 0.4) is 0 Å². The van der Waals surface area contributed by atoms with Crippen molar-refractivity contribution in [3.8, 4) is 0 Å². The maximum Gasteiger partial charge on any atom is 0.333 e. The lowest BCUT2D eigenvalue weighted by atomic mass is 10.1. The molecule has 5 nitrogen and oxygen atoms in total. The minimum absolute atomic E-state index is 0.0873. The number of carboxylic acids is 2. The topological polar surface area (TPSA) is 83.8 Å². The van der Waals surface area contributed by atoms with E-state index in [1.807, 2.05) is 0 Å². The molecule has 0 heterocycles. The number of hydrogen-bond acceptors (Lipinski definition) is 3. The fraction of sp³-hybridized carbons (Fsp3) is 0.400. The largest absolute Gasteiger partial charge is 0.478 e. The van der Waals surface area contributed by atoms with Gasteiger partial charge in [0, 0.05) is 0 Å². The van der Waals surface area contributed by atoms with E-state index >= 15 is 0 Å². The van der Waals surface area contributed by atoms with Crippen molar-refractivity contribution < 1.29 is 24.5 Å². The van der Waals surface area contributed by atoms with E-state index in [1.165, 1.54) is 0 Å². The van der Waals surface area contributed by atoms with E-state index in [2.05, 4.69) is 13.2 Å². The van der Waals surface area contributed by atoms with Crippen LogP contribution in [0.1, 0.15) is 13.3 Å². The minimum atomic E-state index is -1.16. The summed E-state index contributed by atoms with van der Waals surface area (Å²) in [5.41, 5.74) is -0.206. The van der Waals surface area contributed by atoms with Gasteiger partial charge in [-0.05, 0) is 6.42 Å². The van der Waals surface area contributed by atoms with E-state index in [9.17, 15) is 9.59 Å². The van der Waals surface area contributed by atoms with Crippen molar-refractivity contribution in [3.63, 3.8) is 0 Å². The van der Waals surface area contributed by atoms with Gasteiger partial charge < -0.3 is 14.9 Å². The molecule has 0 aliphatic carbocycles. The van der Waals surface area contributed by atoms with Crippen LogP contribution in [0, 0.1) is 0 Å². The highest BCUT2D eigenvalue weighted by Gasteiger charge is 2.18. The fourth-order valence-electron chi connectivity index (χ4n) is 0.865. The van der Waals surface area contributed by atoms with Crippen LogP contribution in [0.25, 0.3) is 0 Å². The molecule has 1 unspecified atom stereocenters. The van der Waals surface area contributed by atoms with E-state index in [-0.39, 0.29) is 17.8 Å². The lowest BCUT2D eigenvalue weighted by molar-refractivity contribution is -0.134. The summed E-state index contributed by atoms with van der Waals surface area (Å²) in [7, 11) is 0. The molecular formula is C10H14O5. The summed E-state index contributed by atoms with van der Waals surface area (Å²) in [6.07, 6.45) is -0.267. The molecule has 0 aromatic rings. The van der Waals surface area contributed by atoms with Crippen LogP contribution in [-0.2, 0) is 14.3 Å². The highest BCUT2D eigenvalue weighted by molar-refractivity contribution is 5.87. The Morgan fingerprint density at radius 1 is 1.27 bits per heavy atom. The molecule has 1 atom stereocenters. The molecule has 0 fully saturated rings. The first kappa shape index (κ1) is 13.4. The Labute approximate surface area is 87.7 Å². The van der Waals surface area contributed by atoms with Gasteiger partial charge in [-0.15, -0.1) is 0 Å². The average Bonchev–Trinajstić information content (AvgIpc) is 2.17. The molecule has 2 N–H and O–H groups in total. The Bertz CT molecular complexity index is 292. The molecule has 0 aliphatic rings. The van der Waals surface area contributed by atoms with Crippen LogP contribution >= 0.6 is 0 Å². The zero-order valence-electron chi connectivity index (χ0n) is 8.52. The number of carbonyl (C=O) groups is 2. The second kappa shape index (κ2) is 5.98. The van der Waals surface area contributed by atoms with E-state index in [0.29, 0.717) is 6.42 Å². The molecule has 0 radical (unpaired) electrons. The van der Waals surface area contributed by atoms with Crippen molar-refractivity contribution in [3.05, 3.63) is 24.3 Å². The number of rotatable bonds is 7. The summed E-state index contributed by atoms with van der Waals surface area (Å²) in [4.78, 5) is 20.9. The summed E-state index contributed by atoms with van der Waals surface area (Å²) in [5.74, 6) is -2.31. The van der Waals surface area contributed by atoms with Crippen molar-refractivity contribution in [1.29, 1.82) is 0 Å². The first-order valence-corrected chi connectivity index (χ1v) is 4.34. The molecule has 0 rings (SSSR count).